The molecule has 4 rings (SSSR count). The number of benzene rings is 2. The lowest BCUT2D eigenvalue weighted by Gasteiger charge is -2.11. The van der Waals surface area contributed by atoms with Crippen molar-refractivity contribution in [1.29, 1.82) is 0 Å². The van der Waals surface area contributed by atoms with Crippen molar-refractivity contribution in [2.45, 2.75) is 37.9 Å². The average Bonchev–Trinajstić information content (AvgIpc) is 3.23. The Labute approximate surface area is 188 Å². The summed E-state index contributed by atoms with van der Waals surface area (Å²) in [5.41, 5.74) is 0.756. The first-order valence-electron chi connectivity index (χ1n) is 10.4. The fourth-order valence-electron chi connectivity index (χ4n) is 3.65. The van der Waals surface area contributed by atoms with Gasteiger partial charge >= 0.3 is 0 Å². The molecule has 0 bridgehead atoms. The molecule has 0 amide bonds. The van der Waals surface area contributed by atoms with Gasteiger partial charge in [-0.3, -0.25) is 18.6 Å². The van der Waals surface area contributed by atoms with Gasteiger partial charge in [-0.05, 0) is 36.8 Å². The van der Waals surface area contributed by atoms with E-state index < -0.39 is 5.82 Å². The minimum atomic E-state index is -0.505. The van der Waals surface area contributed by atoms with Gasteiger partial charge in [0.05, 0.1) is 29.3 Å². The zero-order chi connectivity index (χ0) is 22.7. The molecule has 2 aromatic heterocycles. The van der Waals surface area contributed by atoms with Crippen molar-refractivity contribution in [2.24, 2.45) is 0 Å². The third-order valence-electron chi connectivity index (χ3n) is 5.26. The van der Waals surface area contributed by atoms with Crippen LogP contribution in [0.3, 0.4) is 0 Å². The zero-order valence-electron chi connectivity index (χ0n) is 17.9. The van der Waals surface area contributed by atoms with Gasteiger partial charge in [0, 0.05) is 6.54 Å². The highest BCUT2D eigenvalue weighted by molar-refractivity contribution is 7.99. The van der Waals surface area contributed by atoms with Gasteiger partial charge in [0.1, 0.15) is 11.6 Å². The van der Waals surface area contributed by atoms with Crippen molar-refractivity contribution in [2.75, 3.05) is 12.9 Å². The SMILES string of the molecule is CCCCCn1c(=O)c2ccccc2n2c(SCC(=O)c3cc(F)ccc3OC)nnc12. The summed E-state index contributed by atoms with van der Waals surface area (Å²) in [4.78, 5) is 25.9. The standard InChI is InChI=1S/C23H23FN4O3S/c1-3-4-7-12-27-21(30)16-8-5-6-9-18(16)28-22(27)25-26-23(28)32-14-19(29)17-13-15(24)10-11-20(17)31-2/h5-6,8-11,13H,3-4,7,12,14H2,1-2H3. The van der Waals surface area contributed by atoms with Gasteiger partial charge in [-0.2, -0.15) is 0 Å². The number of hydrogen-bond acceptors (Lipinski definition) is 6. The van der Waals surface area contributed by atoms with Crippen LogP contribution < -0.4 is 10.3 Å². The Balaban J connectivity index is 1.72. The van der Waals surface area contributed by atoms with Gasteiger partial charge in [0.25, 0.3) is 5.56 Å². The van der Waals surface area contributed by atoms with Crippen molar-refractivity contribution in [3.05, 3.63) is 64.2 Å². The van der Waals surface area contributed by atoms with Crippen LogP contribution in [0.15, 0.2) is 52.4 Å². The van der Waals surface area contributed by atoms with Gasteiger partial charge in [-0.15, -0.1) is 10.2 Å². The Morgan fingerprint density at radius 2 is 1.97 bits per heavy atom. The number of para-hydroxylation sites is 1. The molecule has 2 heterocycles. The third-order valence-corrected chi connectivity index (χ3v) is 6.19. The molecule has 0 atom stereocenters. The van der Waals surface area contributed by atoms with Gasteiger partial charge in [-0.1, -0.05) is 43.7 Å². The van der Waals surface area contributed by atoms with Crippen molar-refractivity contribution in [3.8, 4) is 5.75 Å². The molecule has 7 nitrogen and oxygen atoms in total. The van der Waals surface area contributed by atoms with E-state index in [9.17, 15) is 14.0 Å². The monoisotopic (exact) mass is 454 g/mol. The number of nitrogens with zero attached hydrogens (tertiary/aromatic N) is 4. The summed E-state index contributed by atoms with van der Waals surface area (Å²) < 4.78 is 22.3. The first-order chi connectivity index (χ1) is 15.5. The summed E-state index contributed by atoms with van der Waals surface area (Å²) in [5, 5.41) is 9.58. The number of ether oxygens (including phenoxy) is 1. The molecule has 0 spiro atoms. The van der Waals surface area contributed by atoms with Crippen molar-refractivity contribution < 1.29 is 13.9 Å². The lowest BCUT2D eigenvalue weighted by Crippen LogP contribution is -2.23. The normalized spacial score (nSPS) is 11.3. The fourth-order valence-corrected chi connectivity index (χ4v) is 4.48. The smallest absolute Gasteiger partial charge is 0.262 e. The third kappa shape index (κ3) is 4.12. The molecule has 4 aromatic rings. The Hall–Kier alpha value is -3.20. The molecule has 0 unspecified atom stereocenters. The average molecular weight is 455 g/mol. The number of Topliss-reactive ketones (excluding diaryl/α,β-unsaturated/α-hetero) is 1. The topological polar surface area (TPSA) is 78.5 Å². The van der Waals surface area contributed by atoms with Crippen LogP contribution in [-0.2, 0) is 6.54 Å². The van der Waals surface area contributed by atoms with E-state index in [4.69, 9.17) is 4.74 Å². The number of fused-ring (bicyclic) bond motifs is 3. The molecule has 2 aromatic carbocycles. The lowest BCUT2D eigenvalue weighted by atomic mass is 10.1. The van der Waals surface area contributed by atoms with E-state index in [2.05, 4.69) is 17.1 Å². The number of carbonyl (C=O) groups excluding carboxylic acids is 1. The maximum atomic E-state index is 13.7. The van der Waals surface area contributed by atoms with Gasteiger partial charge in [0.2, 0.25) is 5.78 Å². The van der Waals surface area contributed by atoms with E-state index in [-0.39, 0.29) is 22.7 Å². The number of rotatable bonds is 9. The highest BCUT2D eigenvalue weighted by Crippen LogP contribution is 2.25. The fraction of sp³-hybridized carbons (Fsp3) is 0.304. The summed E-state index contributed by atoms with van der Waals surface area (Å²) in [5.74, 6) is -0.0107. The first kappa shape index (κ1) is 22.0. The van der Waals surface area contributed by atoms with Gasteiger partial charge in [0.15, 0.2) is 10.9 Å². The summed E-state index contributed by atoms with van der Waals surface area (Å²) in [6.07, 6.45) is 2.90. The highest BCUT2D eigenvalue weighted by atomic mass is 32.2. The predicted octanol–water partition coefficient (Wildman–Crippen LogP) is 4.36. The van der Waals surface area contributed by atoms with Gasteiger partial charge in [-0.25, -0.2) is 4.39 Å². The van der Waals surface area contributed by atoms with Crippen molar-refractivity contribution in [3.63, 3.8) is 0 Å². The van der Waals surface area contributed by atoms with E-state index in [1.807, 2.05) is 22.6 Å². The van der Waals surface area contributed by atoms with Crippen molar-refractivity contribution >= 4 is 34.2 Å². The molecule has 0 saturated carbocycles. The molecule has 0 aliphatic carbocycles. The molecule has 0 N–H and O–H groups in total. The molecular formula is C23H23FN4O3S. The Bertz CT molecular complexity index is 1350. The number of halogens is 1. The summed E-state index contributed by atoms with van der Waals surface area (Å²) in [6, 6.07) is 11.1. The second kappa shape index (κ2) is 9.52. The molecule has 32 heavy (non-hydrogen) atoms. The molecule has 0 aliphatic heterocycles. The maximum Gasteiger partial charge on any atom is 0.262 e. The predicted molar refractivity (Wildman–Crippen MR) is 122 cm³/mol. The molecule has 0 fully saturated rings. The van der Waals surface area contributed by atoms with Crippen LogP contribution in [0.4, 0.5) is 4.39 Å². The Morgan fingerprint density at radius 1 is 1.16 bits per heavy atom. The van der Waals surface area contributed by atoms with Crippen LogP contribution in [0.5, 0.6) is 5.75 Å². The number of thioether (sulfide) groups is 1. The van der Waals surface area contributed by atoms with Crippen LogP contribution in [0.25, 0.3) is 16.7 Å². The Morgan fingerprint density at radius 3 is 2.75 bits per heavy atom. The number of ketones is 1. The number of aromatic nitrogens is 4. The van der Waals surface area contributed by atoms with Crippen LogP contribution in [0, 0.1) is 5.82 Å². The quantitative estimate of drug-likeness (QED) is 0.212. The maximum absolute atomic E-state index is 13.7. The van der Waals surface area contributed by atoms with Crippen LogP contribution in [-0.4, -0.2) is 37.8 Å². The van der Waals surface area contributed by atoms with Crippen LogP contribution >= 0.6 is 11.8 Å². The van der Waals surface area contributed by atoms with E-state index in [1.54, 1.807) is 10.6 Å². The first-order valence-corrected chi connectivity index (χ1v) is 11.4. The highest BCUT2D eigenvalue weighted by Gasteiger charge is 2.19. The molecule has 0 aliphatic rings. The summed E-state index contributed by atoms with van der Waals surface area (Å²) in [6.45, 7) is 2.65. The molecule has 0 saturated heterocycles. The second-order valence-electron chi connectivity index (χ2n) is 7.36. The number of carbonyl (C=O) groups is 1. The van der Waals surface area contributed by atoms with Crippen LogP contribution in [0.2, 0.25) is 0 Å². The van der Waals surface area contributed by atoms with Gasteiger partial charge < -0.3 is 4.74 Å². The Kier molecular flexibility index (Phi) is 6.55. The van der Waals surface area contributed by atoms with Crippen LogP contribution in [0.1, 0.15) is 36.5 Å². The minimum Gasteiger partial charge on any atom is -0.496 e. The number of methoxy groups -OCH3 is 1. The minimum absolute atomic E-state index is 0.0178. The van der Waals surface area contributed by atoms with E-state index in [0.717, 1.165) is 19.3 Å². The number of unbranched alkanes of at least 4 members (excludes halogenated alkanes) is 2. The number of hydrogen-bond donors (Lipinski definition) is 0. The van der Waals surface area contributed by atoms with E-state index >= 15 is 0 Å². The largest absolute Gasteiger partial charge is 0.496 e. The summed E-state index contributed by atoms with van der Waals surface area (Å²) in [7, 11) is 1.44. The van der Waals surface area contributed by atoms with Crippen molar-refractivity contribution in [1.82, 2.24) is 19.2 Å². The van der Waals surface area contributed by atoms with E-state index in [1.165, 1.54) is 37.1 Å². The molecule has 9 heteroatoms. The number of aryl methyl sites for hydroxylation is 1. The molecule has 166 valence electrons. The lowest BCUT2D eigenvalue weighted by molar-refractivity contribution is 0.101. The molecular weight excluding hydrogens is 431 g/mol. The summed E-state index contributed by atoms with van der Waals surface area (Å²) >= 11 is 1.19. The molecule has 0 radical (unpaired) electrons. The van der Waals surface area contributed by atoms with E-state index in [0.29, 0.717) is 34.1 Å². The second-order valence-corrected chi connectivity index (χ2v) is 8.30. The zero-order valence-corrected chi connectivity index (χ0v) is 18.7.